The van der Waals surface area contributed by atoms with Crippen LogP contribution in [-0.2, 0) is 10.4 Å². The zero-order chi connectivity index (χ0) is 4.50. The summed E-state index contributed by atoms with van der Waals surface area (Å²) >= 11 is 0. The van der Waals surface area contributed by atoms with Crippen LogP contribution in [0.1, 0.15) is 1.43 Å². The van der Waals surface area contributed by atoms with Gasteiger partial charge in [0.1, 0.15) is 0 Å². The first kappa shape index (κ1) is 16.2. The molecule has 0 spiro atoms. The van der Waals surface area contributed by atoms with E-state index in [2.05, 4.69) is 0 Å². The van der Waals surface area contributed by atoms with Gasteiger partial charge in [-0.2, -0.15) is 8.42 Å². The van der Waals surface area contributed by atoms with Crippen molar-refractivity contribution < 1.29 is 70.3 Å². The first-order valence-corrected chi connectivity index (χ1v) is 2.10. The molecule has 0 saturated heterocycles. The van der Waals surface area contributed by atoms with Crippen molar-refractivity contribution in [1.29, 1.82) is 0 Å². The minimum atomic E-state index is -4.67. The number of hydrogen-bond donors (Lipinski definition) is 2. The molecular formula is H6BiKO4S. The summed E-state index contributed by atoms with van der Waals surface area (Å²) in [6, 6.07) is 0. The molecule has 0 fully saturated rings. The Morgan fingerprint density at radius 2 is 1.29 bits per heavy atom. The smallest absolute Gasteiger partial charge is 1.00 e. The Morgan fingerprint density at radius 1 is 1.29 bits per heavy atom. The molecule has 0 unspecified atom stereocenters. The van der Waals surface area contributed by atoms with Gasteiger partial charge >= 0.3 is 88.0 Å². The van der Waals surface area contributed by atoms with Gasteiger partial charge in [0.25, 0.3) is 0 Å². The summed E-state index contributed by atoms with van der Waals surface area (Å²) in [5.74, 6) is 0. The first-order chi connectivity index (χ1) is 2.00. The van der Waals surface area contributed by atoms with E-state index >= 15 is 0 Å². The Hall–Kier alpha value is 2.39. The molecule has 0 rings (SSSR count). The molecule has 0 aliphatic carbocycles. The van der Waals surface area contributed by atoms with Crippen LogP contribution in [0.2, 0.25) is 0 Å². The van der Waals surface area contributed by atoms with Crippen LogP contribution in [0.5, 0.6) is 0 Å². The van der Waals surface area contributed by atoms with Crippen molar-refractivity contribution in [2.45, 2.75) is 0 Å². The van der Waals surface area contributed by atoms with Crippen molar-refractivity contribution in [3.05, 3.63) is 0 Å². The average Bonchev–Trinajstić information content (AvgIpc) is 0.722. The Bertz CT molecular complexity index is 99.2. The summed E-state index contributed by atoms with van der Waals surface area (Å²) < 4.78 is 31.6. The fourth-order valence-corrected chi connectivity index (χ4v) is 0. The van der Waals surface area contributed by atoms with Gasteiger partial charge in [0.15, 0.2) is 0 Å². The molecule has 7 heteroatoms. The van der Waals surface area contributed by atoms with E-state index in [0.29, 0.717) is 0 Å². The van der Waals surface area contributed by atoms with Gasteiger partial charge in [-0.15, -0.1) is 0 Å². The van der Waals surface area contributed by atoms with Crippen LogP contribution in [0.4, 0.5) is 0 Å². The Labute approximate surface area is 105 Å². The van der Waals surface area contributed by atoms with E-state index in [-0.39, 0.29) is 79.0 Å². The van der Waals surface area contributed by atoms with E-state index in [4.69, 9.17) is 17.5 Å². The van der Waals surface area contributed by atoms with Gasteiger partial charge in [-0.1, -0.05) is 0 Å². The molecule has 0 aliphatic rings. The van der Waals surface area contributed by atoms with Crippen LogP contribution < -0.4 is 51.4 Å². The maximum absolute atomic E-state index is 8.74. The molecule has 0 heterocycles. The molecule has 0 aromatic heterocycles. The molecule has 0 aliphatic heterocycles. The molecule has 0 radical (unpaired) electrons. The third-order valence-electron chi connectivity index (χ3n) is 0. The normalized spacial score (nSPS) is 8.29. The number of rotatable bonds is 0. The van der Waals surface area contributed by atoms with Gasteiger partial charge < -0.3 is 1.43 Å². The third-order valence-corrected chi connectivity index (χ3v) is 0. The van der Waals surface area contributed by atoms with Gasteiger partial charge in [-0.25, -0.2) is 0 Å². The first-order valence-electron chi connectivity index (χ1n) is 0.698. The second-order valence-electron chi connectivity index (χ2n) is 0.448. The Morgan fingerprint density at radius 3 is 1.29 bits per heavy atom. The zero-order valence-corrected chi connectivity index (χ0v) is 13.3. The molecule has 2 N–H and O–H groups in total. The van der Waals surface area contributed by atoms with Gasteiger partial charge in [0.05, 0.1) is 0 Å². The molecule has 0 aromatic carbocycles. The maximum Gasteiger partial charge on any atom is 1.00 e. The van der Waals surface area contributed by atoms with Gasteiger partial charge in [-0.3, -0.25) is 9.11 Å². The summed E-state index contributed by atoms with van der Waals surface area (Å²) in [4.78, 5) is 0. The van der Waals surface area contributed by atoms with Crippen molar-refractivity contribution in [3.8, 4) is 0 Å². The van der Waals surface area contributed by atoms with E-state index in [0.717, 1.165) is 0 Å². The van der Waals surface area contributed by atoms with Crippen molar-refractivity contribution in [1.82, 2.24) is 0 Å². The summed E-state index contributed by atoms with van der Waals surface area (Å²) in [5, 5.41) is 0. The van der Waals surface area contributed by atoms with Crippen LogP contribution in [-0.4, -0.2) is 43.7 Å². The van der Waals surface area contributed by atoms with E-state index < -0.39 is 10.4 Å². The second-order valence-corrected chi connectivity index (χ2v) is 1.34. The third kappa shape index (κ3) is 60.0. The van der Waals surface area contributed by atoms with E-state index in [1.807, 2.05) is 0 Å². The van der Waals surface area contributed by atoms with Gasteiger partial charge in [-0.05, 0) is 0 Å². The molecule has 7 heavy (non-hydrogen) atoms. The standard InChI is InChI=1S/Bi.K.H2O4S.4H/c;;1-5(2,3)4;;;;/h;;(H2,1,2,3,4);;;;/q;+1;;;;;-1. The van der Waals surface area contributed by atoms with Crippen LogP contribution >= 0.6 is 0 Å². The van der Waals surface area contributed by atoms with E-state index in [1.165, 1.54) is 0 Å². The van der Waals surface area contributed by atoms with Crippen molar-refractivity contribution in [2.24, 2.45) is 0 Å². The van der Waals surface area contributed by atoms with Crippen LogP contribution in [0.15, 0.2) is 0 Å². The summed E-state index contributed by atoms with van der Waals surface area (Å²) in [6.07, 6.45) is 0. The fourth-order valence-electron chi connectivity index (χ4n) is 0. The molecule has 4 nitrogen and oxygen atoms in total. The van der Waals surface area contributed by atoms with E-state index in [1.54, 1.807) is 0 Å². The van der Waals surface area contributed by atoms with Crippen LogP contribution in [0.3, 0.4) is 0 Å². The molecular weight excluding hydrogens is 344 g/mol. The number of hydrogen-bond acceptors (Lipinski definition) is 2. The van der Waals surface area contributed by atoms with Gasteiger partial charge in [0.2, 0.25) is 0 Å². The van der Waals surface area contributed by atoms with E-state index in [9.17, 15) is 0 Å². The van der Waals surface area contributed by atoms with Crippen molar-refractivity contribution in [2.75, 3.05) is 0 Å². The summed E-state index contributed by atoms with van der Waals surface area (Å²) in [7, 11) is -4.67. The van der Waals surface area contributed by atoms with Gasteiger partial charge in [0, 0.05) is 0 Å². The second kappa shape index (κ2) is 6.51. The topological polar surface area (TPSA) is 74.6 Å². The predicted molar refractivity (Wildman–Crippen MR) is 25.2 cm³/mol. The summed E-state index contributed by atoms with van der Waals surface area (Å²) in [6.45, 7) is 0. The quantitative estimate of drug-likeness (QED) is 0.340. The van der Waals surface area contributed by atoms with Crippen LogP contribution in [0.25, 0.3) is 0 Å². The molecule has 0 amide bonds. The minimum Gasteiger partial charge on any atom is -1.00 e. The molecule has 0 saturated carbocycles. The Kier molecular flexibility index (Phi) is 15.1. The maximum atomic E-state index is 8.74. The van der Waals surface area contributed by atoms with Crippen molar-refractivity contribution >= 4 is 36.6 Å². The molecule has 0 aromatic rings. The average molecular weight is 350 g/mol. The molecule has 42 valence electrons. The molecule has 0 bridgehead atoms. The molecule has 0 atom stereocenters. The summed E-state index contributed by atoms with van der Waals surface area (Å²) in [5.41, 5.74) is 0. The fraction of sp³-hybridized carbons (Fsp3) is 0. The minimum absolute atomic E-state index is 0. The SMILES string of the molecule is O=S(=O)(O)O.[BiH3].[H-].[K+]. The van der Waals surface area contributed by atoms with Crippen molar-refractivity contribution in [3.63, 3.8) is 0 Å². The Balaban J connectivity index is -0.0000000267. The van der Waals surface area contributed by atoms with Crippen LogP contribution in [0, 0.1) is 0 Å². The monoisotopic (exact) mass is 350 g/mol. The largest absolute Gasteiger partial charge is 1.00 e. The predicted octanol–water partition coefficient (Wildman–Crippen LogP) is -4.72. The zero-order valence-electron chi connectivity index (χ0n) is 4.83.